The normalized spacial score (nSPS) is 16.2. The van der Waals surface area contributed by atoms with Crippen LogP contribution in [-0.2, 0) is 26.1 Å². The van der Waals surface area contributed by atoms with Crippen molar-refractivity contribution in [2.24, 2.45) is 0 Å². The number of benzene rings is 1. The van der Waals surface area contributed by atoms with Crippen molar-refractivity contribution in [2.45, 2.75) is 24.6 Å². The second-order valence-corrected chi connectivity index (χ2v) is 13.4. The molecule has 0 spiro atoms. The summed E-state index contributed by atoms with van der Waals surface area (Å²) in [6.45, 7) is 3.61. The fraction of sp³-hybridized carbons (Fsp3) is 0.211. The molecular weight excluding hydrogens is 576 g/mol. The molecule has 0 radical (unpaired) electrons. The molecule has 0 aliphatic carbocycles. The number of anilines is 1. The number of thiophene rings is 1. The summed E-state index contributed by atoms with van der Waals surface area (Å²) in [7, 11) is -8.64. The highest BCUT2D eigenvalue weighted by molar-refractivity contribution is 9.10. The fourth-order valence-corrected chi connectivity index (χ4v) is 7.10. The van der Waals surface area contributed by atoms with E-state index in [0.717, 1.165) is 14.2 Å². The Morgan fingerprint density at radius 2 is 1.94 bits per heavy atom. The lowest BCUT2D eigenvalue weighted by Gasteiger charge is -2.18. The molecule has 3 aromatic rings. The molecule has 9 nitrogen and oxygen atoms in total. The van der Waals surface area contributed by atoms with Gasteiger partial charge in [0.05, 0.1) is 16.8 Å². The SMILES string of the molecule is CC(=Cc1oc2cc(C)sc2[n+]1CS(=O)(=O)O)C=C1Sc2ccc(Br)cc2N1CS(=O)(=O)O. The van der Waals surface area contributed by atoms with Gasteiger partial charge in [-0.3, -0.25) is 9.11 Å². The van der Waals surface area contributed by atoms with E-state index >= 15 is 0 Å². The largest absolute Gasteiger partial charge is 0.397 e. The van der Waals surface area contributed by atoms with Crippen molar-refractivity contribution in [2.75, 3.05) is 10.8 Å². The van der Waals surface area contributed by atoms with E-state index in [-0.39, 0.29) is 5.89 Å². The Balaban J connectivity index is 1.76. The third-order valence-corrected chi connectivity index (χ3v) is 8.34. The lowest BCUT2D eigenvalue weighted by molar-refractivity contribution is -0.656. The Labute approximate surface area is 207 Å². The van der Waals surface area contributed by atoms with Gasteiger partial charge >= 0.3 is 20.8 Å². The number of fused-ring (bicyclic) bond motifs is 2. The molecule has 0 saturated carbocycles. The van der Waals surface area contributed by atoms with E-state index in [1.54, 1.807) is 31.2 Å². The molecule has 1 aromatic carbocycles. The van der Waals surface area contributed by atoms with E-state index < -0.39 is 32.0 Å². The van der Waals surface area contributed by atoms with Gasteiger partial charge in [0, 0.05) is 20.3 Å². The van der Waals surface area contributed by atoms with E-state index in [1.165, 1.54) is 32.6 Å². The Bertz CT molecular complexity index is 1540. The van der Waals surface area contributed by atoms with Gasteiger partial charge in [0.25, 0.3) is 16.0 Å². The molecule has 0 amide bonds. The number of halogens is 1. The second-order valence-electron chi connectivity index (χ2n) is 7.33. The van der Waals surface area contributed by atoms with Crippen molar-refractivity contribution in [3.8, 4) is 0 Å². The lowest BCUT2D eigenvalue weighted by Crippen LogP contribution is -2.38. The van der Waals surface area contributed by atoms with E-state index in [4.69, 9.17) is 4.42 Å². The molecule has 1 aliphatic heterocycles. The molecule has 2 aromatic heterocycles. The van der Waals surface area contributed by atoms with Gasteiger partial charge in [-0.15, -0.1) is 4.57 Å². The van der Waals surface area contributed by atoms with Gasteiger partial charge in [0.1, 0.15) is 0 Å². The maximum Gasteiger partial charge on any atom is 0.376 e. The van der Waals surface area contributed by atoms with Crippen LogP contribution in [0.2, 0.25) is 0 Å². The zero-order valence-corrected chi connectivity index (χ0v) is 22.1. The van der Waals surface area contributed by atoms with E-state index in [2.05, 4.69) is 15.9 Å². The molecule has 1 aliphatic rings. The van der Waals surface area contributed by atoms with Crippen LogP contribution in [0, 0.1) is 6.92 Å². The minimum atomic E-state index is -4.33. The van der Waals surface area contributed by atoms with Crippen LogP contribution >= 0.6 is 39.0 Å². The minimum absolute atomic E-state index is 0.216. The summed E-state index contributed by atoms with van der Waals surface area (Å²) in [5.74, 6) is -1.08. The highest BCUT2D eigenvalue weighted by atomic mass is 79.9. The number of aryl methyl sites for hydroxylation is 1. The van der Waals surface area contributed by atoms with Crippen molar-refractivity contribution < 1.29 is 34.9 Å². The van der Waals surface area contributed by atoms with Gasteiger partial charge in [-0.25, -0.2) is 0 Å². The molecule has 14 heteroatoms. The van der Waals surface area contributed by atoms with Crippen LogP contribution in [0.25, 0.3) is 16.5 Å². The predicted molar refractivity (Wildman–Crippen MR) is 131 cm³/mol. The molecule has 0 fully saturated rings. The van der Waals surface area contributed by atoms with E-state index in [1.807, 2.05) is 19.1 Å². The molecule has 0 bridgehead atoms. The number of hydrogen-bond acceptors (Lipinski definition) is 8. The number of aromatic nitrogens is 1. The molecular formula is C19H18BrN2O7S4+. The molecule has 3 heterocycles. The van der Waals surface area contributed by atoms with E-state index in [0.29, 0.717) is 26.7 Å². The van der Waals surface area contributed by atoms with Crippen LogP contribution in [0.3, 0.4) is 0 Å². The Morgan fingerprint density at radius 1 is 1.21 bits per heavy atom. The maximum absolute atomic E-state index is 11.6. The number of oxazole rings is 1. The van der Waals surface area contributed by atoms with Crippen LogP contribution in [0.4, 0.5) is 5.69 Å². The number of nitrogens with zero attached hydrogens (tertiary/aromatic N) is 2. The van der Waals surface area contributed by atoms with Crippen molar-refractivity contribution >= 4 is 81.4 Å². The van der Waals surface area contributed by atoms with Crippen LogP contribution < -0.4 is 9.47 Å². The zero-order valence-electron chi connectivity index (χ0n) is 17.2. The lowest BCUT2D eigenvalue weighted by atomic mass is 10.2. The van der Waals surface area contributed by atoms with Gasteiger partial charge in [0.2, 0.25) is 5.58 Å². The summed E-state index contributed by atoms with van der Waals surface area (Å²) in [6.07, 6.45) is 3.31. The van der Waals surface area contributed by atoms with E-state index in [9.17, 15) is 25.9 Å². The molecule has 176 valence electrons. The molecule has 33 heavy (non-hydrogen) atoms. The first-order valence-electron chi connectivity index (χ1n) is 9.27. The third kappa shape index (κ3) is 5.70. The average Bonchev–Trinajstić information content (AvgIpc) is 3.26. The Hall–Kier alpha value is -1.68. The first-order chi connectivity index (χ1) is 15.3. The number of thioether (sulfide) groups is 1. The van der Waals surface area contributed by atoms with Gasteiger partial charge in [-0.2, -0.15) is 16.8 Å². The summed E-state index contributed by atoms with van der Waals surface area (Å²) >= 11 is 6.05. The zero-order chi connectivity index (χ0) is 24.1. The number of allylic oxidation sites excluding steroid dienone is 2. The number of rotatable bonds is 6. The van der Waals surface area contributed by atoms with Crippen LogP contribution in [-0.4, -0.2) is 31.8 Å². The van der Waals surface area contributed by atoms with Crippen LogP contribution in [0.15, 0.2) is 54.7 Å². The molecule has 4 rings (SSSR count). The topological polar surface area (TPSA) is 129 Å². The summed E-state index contributed by atoms with van der Waals surface area (Å²) in [6, 6.07) is 7.21. The van der Waals surface area contributed by atoms with Crippen molar-refractivity contribution in [1.82, 2.24) is 0 Å². The molecule has 0 unspecified atom stereocenters. The van der Waals surface area contributed by atoms with Crippen LogP contribution in [0.1, 0.15) is 17.7 Å². The molecule has 0 saturated heterocycles. The molecule has 0 atom stereocenters. The van der Waals surface area contributed by atoms with Crippen LogP contribution in [0.5, 0.6) is 0 Å². The van der Waals surface area contributed by atoms with Crippen molar-refractivity contribution in [3.63, 3.8) is 0 Å². The smallest absolute Gasteiger partial charge is 0.376 e. The van der Waals surface area contributed by atoms with Gasteiger partial charge in [-0.1, -0.05) is 39.0 Å². The summed E-state index contributed by atoms with van der Waals surface area (Å²) in [5.41, 5.74) is 1.75. The highest BCUT2D eigenvalue weighted by Gasteiger charge is 2.30. The first-order valence-corrected chi connectivity index (χ1v) is 14.9. The predicted octanol–water partition coefficient (Wildman–Crippen LogP) is 4.40. The minimum Gasteiger partial charge on any atom is -0.397 e. The Morgan fingerprint density at radius 3 is 2.61 bits per heavy atom. The quantitative estimate of drug-likeness (QED) is 0.315. The van der Waals surface area contributed by atoms with Crippen molar-refractivity contribution in [3.05, 3.63) is 56.2 Å². The van der Waals surface area contributed by atoms with Gasteiger partial charge in [-0.05, 0) is 43.7 Å². The number of hydrogen-bond donors (Lipinski definition) is 2. The average molecular weight is 595 g/mol. The monoisotopic (exact) mass is 593 g/mol. The summed E-state index contributed by atoms with van der Waals surface area (Å²) < 4.78 is 73.2. The highest BCUT2D eigenvalue weighted by Crippen LogP contribution is 2.47. The fourth-order valence-electron chi connectivity index (χ4n) is 3.31. The van der Waals surface area contributed by atoms with Gasteiger partial charge < -0.3 is 9.32 Å². The third-order valence-electron chi connectivity index (χ3n) is 4.51. The first kappa shape index (κ1) is 24.4. The summed E-state index contributed by atoms with van der Waals surface area (Å²) in [4.78, 5) is 3.79. The van der Waals surface area contributed by atoms with Gasteiger partial charge in [0.15, 0.2) is 5.88 Å². The maximum atomic E-state index is 11.6. The standard InChI is InChI=1S/C19H17BrN2O7S4/c1-11(5-17-22(10-33(26,27)28)19-15(29-17)7-12(2)30-19)6-18-21(9-32(23,24)25)14-8-13(20)3-4-16(14)31-18/h3-8H,9-10H2,1-2H3,(H-,23,24,25,26,27,28)/p+1. The summed E-state index contributed by atoms with van der Waals surface area (Å²) in [5, 5.41) is 0.556. The van der Waals surface area contributed by atoms with Crippen molar-refractivity contribution in [1.29, 1.82) is 0 Å². The second kappa shape index (κ2) is 8.83. The molecule has 2 N–H and O–H groups in total. The Kier molecular flexibility index (Phi) is 6.54.